The Morgan fingerprint density at radius 2 is 1.33 bits per heavy atom. The fourth-order valence-corrected chi connectivity index (χ4v) is 7.13. The molecule has 2 aromatic carbocycles. The minimum absolute atomic E-state index is 0.00507. The van der Waals surface area contributed by atoms with Crippen LogP contribution >= 0.6 is 0 Å². The topological polar surface area (TPSA) is 118 Å². The zero-order valence-electron chi connectivity index (χ0n) is 29.6. The first-order chi connectivity index (χ1) is 23.3. The van der Waals surface area contributed by atoms with Crippen LogP contribution in [0.2, 0.25) is 0 Å². The smallest absolute Gasteiger partial charge is 0.231 e. The molecule has 0 aliphatic carbocycles. The minimum atomic E-state index is -0.642. The van der Waals surface area contributed by atoms with Gasteiger partial charge in [-0.15, -0.1) is 0 Å². The van der Waals surface area contributed by atoms with E-state index in [9.17, 15) is 19.2 Å². The Morgan fingerprint density at radius 1 is 0.776 bits per heavy atom. The summed E-state index contributed by atoms with van der Waals surface area (Å²) in [5, 5.41) is 0. The van der Waals surface area contributed by atoms with Gasteiger partial charge in [-0.3, -0.25) is 24.1 Å². The summed E-state index contributed by atoms with van der Waals surface area (Å²) in [6, 6.07) is 7.37. The van der Waals surface area contributed by atoms with Crippen molar-refractivity contribution >= 4 is 23.4 Å². The molecule has 0 radical (unpaired) electrons. The van der Waals surface area contributed by atoms with Crippen molar-refractivity contribution in [1.29, 1.82) is 0 Å². The summed E-state index contributed by atoms with van der Waals surface area (Å²) in [7, 11) is 3.38. The van der Waals surface area contributed by atoms with E-state index >= 15 is 0 Å². The molecule has 264 valence electrons. The van der Waals surface area contributed by atoms with Gasteiger partial charge in [-0.1, -0.05) is 6.92 Å². The number of fused-ring (bicyclic) bond motifs is 2. The second-order valence-electron chi connectivity index (χ2n) is 14.5. The summed E-state index contributed by atoms with van der Waals surface area (Å²) in [6.07, 6.45) is 1.60. The molecule has 2 amide bonds. The van der Waals surface area contributed by atoms with E-state index in [4.69, 9.17) is 18.9 Å². The molecule has 0 saturated carbocycles. The molecule has 2 atom stereocenters. The van der Waals surface area contributed by atoms with E-state index in [0.29, 0.717) is 53.6 Å². The lowest BCUT2D eigenvalue weighted by Crippen LogP contribution is -2.62. The number of carbonyl (C=O) groups excluding carboxylic acids is 4. The average Bonchev–Trinajstić information content (AvgIpc) is 3.72. The fourth-order valence-electron chi connectivity index (χ4n) is 7.13. The number of ketones is 2. The molecule has 4 aliphatic rings. The van der Waals surface area contributed by atoms with E-state index in [1.54, 1.807) is 57.1 Å². The van der Waals surface area contributed by atoms with E-state index in [1.165, 1.54) is 4.90 Å². The van der Waals surface area contributed by atoms with E-state index in [0.717, 1.165) is 31.6 Å². The molecule has 12 nitrogen and oxygen atoms in total. The zero-order chi connectivity index (χ0) is 35.2. The number of nitrogens with zero attached hydrogens (tertiary/aromatic N) is 4. The highest BCUT2D eigenvalue weighted by Crippen LogP contribution is 2.41. The van der Waals surface area contributed by atoms with Crippen LogP contribution in [0.15, 0.2) is 30.3 Å². The minimum Gasteiger partial charge on any atom is -0.454 e. The average molecular weight is 677 g/mol. The van der Waals surface area contributed by atoms with Gasteiger partial charge in [0.25, 0.3) is 0 Å². The quantitative estimate of drug-likeness (QED) is 0.292. The second kappa shape index (κ2) is 13.6. The van der Waals surface area contributed by atoms with E-state index in [1.807, 2.05) is 6.07 Å². The highest BCUT2D eigenvalue weighted by Gasteiger charge is 2.44. The Bertz CT molecular complexity index is 1630. The van der Waals surface area contributed by atoms with Crippen LogP contribution in [0, 0.1) is 11.8 Å². The molecular formula is C37H48N4O8. The van der Waals surface area contributed by atoms with E-state index in [-0.39, 0.29) is 54.3 Å². The van der Waals surface area contributed by atoms with Gasteiger partial charge in [0.15, 0.2) is 34.6 Å². The van der Waals surface area contributed by atoms with E-state index in [2.05, 4.69) is 30.6 Å². The predicted octanol–water partition coefficient (Wildman–Crippen LogP) is 3.50. The number of amides is 2. The molecule has 0 spiro atoms. The highest BCUT2D eigenvalue weighted by atomic mass is 16.7. The molecule has 4 heterocycles. The van der Waals surface area contributed by atoms with Gasteiger partial charge < -0.3 is 33.6 Å². The Kier molecular flexibility index (Phi) is 9.65. The Balaban J connectivity index is 1.07. The van der Waals surface area contributed by atoms with Crippen molar-refractivity contribution in [3.8, 4) is 23.0 Å². The fraction of sp³-hybridized carbons (Fsp3) is 0.568. The molecule has 6 rings (SSSR count). The van der Waals surface area contributed by atoms with Gasteiger partial charge in [0.1, 0.15) is 0 Å². The van der Waals surface area contributed by atoms with Gasteiger partial charge in [-0.2, -0.15) is 0 Å². The lowest BCUT2D eigenvalue weighted by atomic mass is 9.84. The Morgan fingerprint density at radius 3 is 1.98 bits per heavy atom. The van der Waals surface area contributed by atoms with Crippen LogP contribution in [0.1, 0.15) is 67.3 Å². The number of carbonyl (C=O) groups is 4. The third-order valence-corrected chi connectivity index (χ3v) is 10.7. The van der Waals surface area contributed by atoms with Crippen molar-refractivity contribution in [2.24, 2.45) is 11.8 Å². The van der Waals surface area contributed by atoms with Crippen LogP contribution in [0.3, 0.4) is 0 Å². The molecule has 0 aromatic heterocycles. The van der Waals surface area contributed by atoms with Gasteiger partial charge >= 0.3 is 0 Å². The summed E-state index contributed by atoms with van der Waals surface area (Å²) in [4.78, 5) is 61.2. The monoisotopic (exact) mass is 676 g/mol. The van der Waals surface area contributed by atoms with Crippen LogP contribution in [-0.2, 0) is 16.0 Å². The van der Waals surface area contributed by atoms with Crippen molar-refractivity contribution in [1.82, 2.24) is 19.6 Å². The number of hydrogen-bond acceptors (Lipinski definition) is 10. The largest absolute Gasteiger partial charge is 0.454 e. The number of rotatable bonds is 13. The second-order valence-corrected chi connectivity index (χ2v) is 14.5. The van der Waals surface area contributed by atoms with Crippen molar-refractivity contribution in [2.45, 2.75) is 65.1 Å². The molecular weight excluding hydrogens is 628 g/mol. The first-order valence-corrected chi connectivity index (χ1v) is 17.2. The first kappa shape index (κ1) is 34.7. The molecule has 0 bridgehead atoms. The van der Waals surface area contributed by atoms with Crippen molar-refractivity contribution < 1.29 is 38.1 Å². The van der Waals surface area contributed by atoms with Crippen LogP contribution in [-0.4, -0.2) is 121 Å². The van der Waals surface area contributed by atoms with Gasteiger partial charge in [0.05, 0.1) is 23.9 Å². The van der Waals surface area contributed by atoms with Crippen LogP contribution in [0.5, 0.6) is 23.0 Å². The van der Waals surface area contributed by atoms with Crippen LogP contribution in [0.4, 0.5) is 0 Å². The molecule has 49 heavy (non-hydrogen) atoms. The maximum Gasteiger partial charge on any atom is 0.231 e. The molecule has 2 saturated heterocycles. The number of benzene rings is 2. The number of likely N-dealkylation sites (tertiary alicyclic amines) is 2. The summed E-state index contributed by atoms with van der Waals surface area (Å²) in [6.45, 7) is 13.6. The van der Waals surface area contributed by atoms with Gasteiger partial charge in [-0.05, 0) is 77.4 Å². The number of hydrogen-bond donors (Lipinski definition) is 0. The SMILES string of the molecule is CCCN1CC(C(=O)N(C)C(C)C(=O)c2cc(CC(C)(C)N3CC(C(=O)N(C)C(C)C(=O)c4ccc5c(c4)OCO5)C3)c3c(c2)OCO3)C1. The molecule has 2 fully saturated rings. The number of likely N-dealkylation sites (N-methyl/N-ethyl adjacent to an activating group) is 2. The lowest BCUT2D eigenvalue weighted by Gasteiger charge is -2.49. The first-order valence-electron chi connectivity index (χ1n) is 17.2. The van der Waals surface area contributed by atoms with E-state index < -0.39 is 12.1 Å². The highest BCUT2D eigenvalue weighted by molar-refractivity contribution is 6.03. The summed E-state index contributed by atoms with van der Waals surface area (Å²) in [5.74, 6) is 1.55. The van der Waals surface area contributed by atoms with Crippen LogP contribution < -0.4 is 18.9 Å². The standard InChI is InChI=1S/C37H48N4O8/c1-8-11-40-16-27(17-40)35(44)39(7)23(3)33(43)25-12-26(34-31(14-25)48-21-49-34)15-37(4,5)41-18-28(19-41)36(45)38(6)22(2)32(42)24-9-10-29-30(13-24)47-20-46-29/h9-10,12-14,22-23,27-28H,8,11,15-21H2,1-7H3. The number of ether oxygens (including phenoxy) is 4. The van der Waals surface area contributed by atoms with Crippen molar-refractivity contribution in [3.63, 3.8) is 0 Å². The Labute approximate surface area is 288 Å². The molecule has 12 heteroatoms. The van der Waals surface area contributed by atoms with Crippen molar-refractivity contribution in [2.75, 3.05) is 60.4 Å². The molecule has 2 unspecified atom stereocenters. The normalized spacial score (nSPS) is 18.8. The molecule has 0 N–H and O–H groups in total. The summed E-state index contributed by atoms with van der Waals surface area (Å²) >= 11 is 0. The third-order valence-electron chi connectivity index (χ3n) is 10.7. The maximum absolute atomic E-state index is 13.7. The molecule has 2 aromatic rings. The summed E-state index contributed by atoms with van der Waals surface area (Å²) < 4.78 is 22.3. The van der Waals surface area contributed by atoms with Gasteiger partial charge in [0.2, 0.25) is 25.4 Å². The predicted molar refractivity (Wildman–Crippen MR) is 181 cm³/mol. The summed E-state index contributed by atoms with van der Waals surface area (Å²) in [5.41, 5.74) is 1.41. The Hall–Kier alpha value is -4.16. The maximum atomic E-state index is 13.7. The van der Waals surface area contributed by atoms with Gasteiger partial charge in [-0.25, -0.2) is 0 Å². The van der Waals surface area contributed by atoms with Crippen molar-refractivity contribution in [3.05, 3.63) is 47.0 Å². The third kappa shape index (κ3) is 6.72. The molecule has 4 aliphatic heterocycles. The lowest BCUT2D eigenvalue weighted by molar-refractivity contribution is -0.144. The number of Topliss-reactive ketones (excluding diaryl/α,β-unsaturated/α-hetero) is 2. The van der Waals surface area contributed by atoms with Crippen LogP contribution in [0.25, 0.3) is 0 Å². The zero-order valence-corrected chi connectivity index (χ0v) is 29.6. The van der Waals surface area contributed by atoms with Gasteiger partial charge in [0, 0.05) is 62.5 Å².